The van der Waals surface area contributed by atoms with Gasteiger partial charge in [0.25, 0.3) is 5.91 Å². The van der Waals surface area contributed by atoms with Crippen LogP contribution in [0.15, 0.2) is 24.4 Å². The lowest BCUT2D eigenvalue weighted by Gasteiger charge is -2.31. The predicted octanol–water partition coefficient (Wildman–Crippen LogP) is 2.77. The summed E-state index contributed by atoms with van der Waals surface area (Å²) < 4.78 is 7.58. The van der Waals surface area contributed by atoms with E-state index < -0.39 is 11.9 Å². The Morgan fingerprint density at radius 2 is 1.85 bits per heavy atom. The summed E-state index contributed by atoms with van der Waals surface area (Å²) in [5.41, 5.74) is 15.6. The van der Waals surface area contributed by atoms with Crippen molar-refractivity contribution >= 4 is 29.3 Å². The fourth-order valence-corrected chi connectivity index (χ4v) is 5.69. The Kier molecular flexibility index (Phi) is 8.44. The van der Waals surface area contributed by atoms with Gasteiger partial charge >= 0.3 is 5.97 Å². The smallest absolute Gasteiger partial charge is 0.325 e. The van der Waals surface area contributed by atoms with Crippen LogP contribution in [0.1, 0.15) is 84.3 Å². The highest BCUT2D eigenvalue weighted by molar-refractivity contribution is 6.01. The van der Waals surface area contributed by atoms with Gasteiger partial charge in [-0.2, -0.15) is 0 Å². The highest BCUT2D eigenvalue weighted by atomic mass is 16.5. The van der Waals surface area contributed by atoms with E-state index in [1.807, 2.05) is 25.3 Å². The molecule has 1 saturated carbocycles. The fourth-order valence-electron chi connectivity index (χ4n) is 5.69. The quantitative estimate of drug-likeness (QED) is 0.358. The lowest BCUT2D eigenvalue weighted by Crippen LogP contribution is -2.36. The van der Waals surface area contributed by atoms with Crippen molar-refractivity contribution in [3.63, 3.8) is 0 Å². The molecule has 2 aromatic rings. The Bertz CT molecular complexity index is 1270. The molecule has 0 aliphatic heterocycles. The van der Waals surface area contributed by atoms with Crippen LogP contribution in [0.2, 0.25) is 0 Å². The number of ketones is 1. The summed E-state index contributed by atoms with van der Waals surface area (Å²) in [7, 11) is 0. The van der Waals surface area contributed by atoms with E-state index in [0.717, 1.165) is 41.8 Å². The number of amides is 2. The number of carbonyl (C=O) groups excluding carboxylic acids is 4. The summed E-state index contributed by atoms with van der Waals surface area (Å²) in [6.45, 7) is 6.23. The molecule has 39 heavy (non-hydrogen) atoms. The molecule has 0 atom stereocenters. The van der Waals surface area contributed by atoms with Crippen molar-refractivity contribution in [1.29, 1.82) is 0 Å². The first-order valence-corrected chi connectivity index (χ1v) is 13.6. The zero-order valence-electron chi connectivity index (χ0n) is 23.0. The summed E-state index contributed by atoms with van der Waals surface area (Å²) >= 11 is 0. The van der Waals surface area contributed by atoms with Crippen LogP contribution in [0, 0.1) is 12.3 Å². The van der Waals surface area contributed by atoms with E-state index in [1.54, 1.807) is 6.07 Å². The lowest BCUT2D eigenvalue weighted by atomic mass is 9.75. The summed E-state index contributed by atoms with van der Waals surface area (Å²) in [5.74, 6) is -1.10. The highest BCUT2D eigenvalue weighted by Crippen LogP contribution is 2.38. The molecule has 1 aromatic carbocycles. The number of hydrogen-bond donors (Lipinski definition) is 4. The van der Waals surface area contributed by atoms with Crippen molar-refractivity contribution in [3.05, 3.63) is 46.8 Å². The van der Waals surface area contributed by atoms with Crippen LogP contribution in [-0.2, 0) is 20.7 Å². The third-order valence-electron chi connectivity index (χ3n) is 7.54. The minimum absolute atomic E-state index is 0.0679. The number of Topliss-reactive ketones (excluding diaryl/α,β-unsaturated/α-hetero) is 1. The van der Waals surface area contributed by atoms with Gasteiger partial charge < -0.3 is 31.4 Å². The van der Waals surface area contributed by atoms with Gasteiger partial charge in [0.05, 0.1) is 5.56 Å². The minimum atomic E-state index is -0.523. The Morgan fingerprint density at radius 3 is 2.51 bits per heavy atom. The first-order chi connectivity index (χ1) is 18.5. The molecule has 2 amide bonds. The molecule has 1 aromatic heterocycles. The summed E-state index contributed by atoms with van der Waals surface area (Å²) in [5, 5.41) is 6.00. The molecule has 210 valence electrons. The number of primary amides is 1. The SMILES string of the molecule is Cc1cn(-c2ccc(C(N)=O)c(NC3CCC(OC(=O)CNC(=O)CCN)CC3)c2)c2c1C(=O)CC(C)(C)C2. The van der Waals surface area contributed by atoms with Gasteiger partial charge in [-0.05, 0) is 68.2 Å². The molecule has 0 radical (unpaired) electrons. The van der Waals surface area contributed by atoms with E-state index in [0.29, 0.717) is 30.5 Å². The van der Waals surface area contributed by atoms with Gasteiger partial charge in [-0.3, -0.25) is 19.2 Å². The second kappa shape index (κ2) is 11.6. The maximum Gasteiger partial charge on any atom is 0.325 e. The third kappa shape index (κ3) is 6.68. The van der Waals surface area contributed by atoms with Crippen LogP contribution < -0.4 is 22.1 Å². The van der Waals surface area contributed by atoms with Crippen molar-refractivity contribution < 1.29 is 23.9 Å². The van der Waals surface area contributed by atoms with Gasteiger partial charge in [0.1, 0.15) is 12.6 Å². The molecule has 1 heterocycles. The Labute approximate surface area is 228 Å². The van der Waals surface area contributed by atoms with Crippen LogP contribution >= 0.6 is 0 Å². The summed E-state index contributed by atoms with van der Waals surface area (Å²) in [4.78, 5) is 48.7. The number of fused-ring (bicyclic) bond motifs is 1. The van der Waals surface area contributed by atoms with Crippen molar-refractivity contribution in [2.24, 2.45) is 16.9 Å². The van der Waals surface area contributed by atoms with Crippen molar-refractivity contribution in [2.75, 3.05) is 18.4 Å². The van der Waals surface area contributed by atoms with Crippen LogP contribution in [0.4, 0.5) is 5.69 Å². The molecular weight excluding hydrogens is 498 g/mol. The monoisotopic (exact) mass is 537 g/mol. The molecule has 2 aliphatic rings. The zero-order chi connectivity index (χ0) is 28.3. The standard InChI is InChI=1S/C29H39N5O5/c1-17-16-34(23-13-29(2,3)14-24(35)27(17)23)19-6-9-21(28(31)38)22(12-19)33-18-4-7-20(8-5-18)39-26(37)15-32-25(36)10-11-30/h6,9,12,16,18,20,33H,4-5,7-8,10-11,13-15,30H2,1-3H3,(H2,31,38)(H,32,36). The third-order valence-corrected chi connectivity index (χ3v) is 7.54. The number of nitrogens with two attached hydrogens (primary N) is 2. The molecular formula is C29H39N5O5. The van der Waals surface area contributed by atoms with Crippen molar-refractivity contribution in [3.8, 4) is 5.69 Å². The maximum absolute atomic E-state index is 12.9. The van der Waals surface area contributed by atoms with Crippen LogP contribution in [0.5, 0.6) is 0 Å². The summed E-state index contributed by atoms with van der Waals surface area (Å²) in [6.07, 6.45) is 6.04. The molecule has 1 fully saturated rings. The molecule has 0 unspecified atom stereocenters. The van der Waals surface area contributed by atoms with E-state index in [2.05, 4.69) is 29.0 Å². The highest BCUT2D eigenvalue weighted by Gasteiger charge is 2.35. The molecule has 6 N–H and O–H groups in total. The molecule has 10 heteroatoms. The number of hydrogen-bond acceptors (Lipinski definition) is 7. The van der Waals surface area contributed by atoms with Gasteiger partial charge in [-0.25, -0.2) is 0 Å². The normalized spacial score (nSPS) is 20.2. The molecule has 0 saturated heterocycles. The second-order valence-electron chi connectivity index (χ2n) is 11.5. The van der Waals surface area contributed by atoms with Crippen LogP contribution in [0.25, 0.3) is 5.69 Å². The second-order valence-corrected chi connectivity index (χ2v) is 11.5. The topological polar surface area (TPSA) is 159 Å². The number of aromatic nitrogens is 1. The largest absolute Gasteiger partial charge is 0.461 e. The Balaban J connectivity index is 1.45. The number of rotatable bonds is 9. The van der Waals surface area contributed by atoms with Gasteiger partial charge in [0, 0.05) is 54.3 Å². The molecule has 0 bridgehead atoms. The van der Waals surface area contributed by atoms with Gasteiger partial charge in [-0.1, -0.05) is 13.8 Å². The number of aryl methyl sites for hydroxylation is 1. The Hall–Kier alpha value is -3.66. The van der Waals surface area contributed by atoms with Crippen molar-refractivity contribution in [1.82, 2.24) is 9.88 Å². The number of ether oxygens (including phenoxy) is 1. The molecule has 4 rings (SSSR count). The first kappa shape index (κ1) is 28.4. The molecule has 0 spiro atoms. The number of esters is 1. The van der Waals surface area contributed by atoms with E-state index in [9.17, 15) is 19.2 Å². The van der Waals surface area contributed by atoms with E-state index in [4.69, 9.17) is 16.2 Å². The fraction of sp³-hybridized carbons (Fsp3) is 0.517. The first-order valence-electron chi connectivity index (χ1n) is 13.6. The van der Waals surface area contributed by atoms with Gasteiger partial charge in [0.2, 0.25) is 5.91 Å². The average molecular weight is 538 g/mol. The zero-order valence-corrected chi connectivity index (χ0v) is 23.0. The van der Waals surface area contributed by atoms with Crippen LogP contribution in [-0.4, -0.2) is 53.4 Å². The Morgan fingerprint density at radius 1 is 1.13 bits per heavy atom. The number of carbonyl (C=O) groups is 4. The number of benzene rings is 1. The number of anilines is 1. The minimum Gasteiger partial charge on any atom is -0.461 e. The van der Waals surface area contributed by atoms with E-state index in [1.165, 1.54) is 0 Å². The molecule has 2 aliphatic carbocycles. The number of nitrogens with zero attached hydrogens (tertiary/aromatic N) is 1. The molecule has 10 nitrogen and oxygen atoms in total. The maximum atomic E-state index is 12.9. The van der Waals surface area contributed by atoms with Crippen molar-refractivity contribution in [2.45, 2.75) is 77.9 Å². The predicted molar refractivity (Wildman–Crippen MR) is 148 cm³/mol. The lowest BCUT2D eigenvalue weighted by molar-refractivity contribution is -0.150. The van der Waals surface area contributed by atoms with E-state index in [-0.39, 0.29) is 48.8 Å². The van der Waals surface area contributed by atoms with Gasteiger partial charge in [-0.15, -0.1) is 0 Å². The average Bonchev–Trinajstić information content (AvgIpc) is 3.19. The number of nitrogens with one attached hydrogen (secondary N) is 2. The van der Waals surface area contributed by atoms with E-state index >= 15 is 0 Å². The summed E-state index contributed by atoms with van der Waals surface area (Å²) in [6, 6.07) is 5.57. The van der Waals surface area contributed by atoms with Crippen LogP contribution in [0.3, 0.4) is 0 Å². The van der Waals surface area contributed by atoms with Gasteiger partial charge in [0.15, 0.2) is 5.78 Å².